The minimum Gasteiger partial charge on any atom is -0.454 e. The van der Waals surface area contributed by atoms with Crippen LogP contribution in [-0.2, 0) is 17.1 Å². The van der Waals surface area contributed by atoms with Crippen molar-refractivity contribution in [2.24, 2.45) is 0 Å². The fraction of sp³-hybridized carbons (Fsp3) is 0.316. The molecule has 0 aliphatic carbocycles. The molecule has 126 valence electrons. The Morgan fingerprint density at radius 1 is 1.12 bits per heavy atom. The Morgan fingerprint density at radius 2 is 1.96 bits per heavy atom. The second kappa shape index (κ2) is 7.62. The third-order valence-corrected chi connectivity index (χ3v) is 4.90. The predicted octanol–water partition coefficient (Wildman–Crippen LogP) is 3.58. The molecule has 0 fully saturated rings. The summed E-state index contributed by atoms with van der Waals surface area (Å²) in [5, 5.41) is 2.95. The average molecular weight is 343 g/mol. The number of carbonyl (C=O) groups excluding carboxylic acids is 1. The topological polar surface area (TPSA) is 47.6 Å². The zero-order chi connectivity index (χ0) is 16.9. The van der Waals surface area contributed by atoms with Crippen LogP contribution >= 0.6 is 11.8 Å². The van der Waals surface area contributed by atoms with E-state index in [0.717, 1.165) is 22.8 Å². The Hall–Kier alpha value is -2.14. The number of rotatable bonds is 6. The number of carbonyl (C=O) groups is 1. The lowest BCUT2D eigenvalue weighted by Crippen LogP contribution is -2.24. The molecule has 4 nitrogen and oxygen atoms in total. The van der Waals surface area contributed by atoms with E-state index in [0.29, 0.717) is 12.3 Å². The van der Waals surface area contributed by atoms with Crippen molar-refractivity contribution in [1.29, 1.82) is 0 Å². The van der Waals surface area contributed by atoms with Gasteiger partial charge in [-0.3, -0.25) is 4.79 Å². The van der Waals surface area contributed by atoms with Crippen LogP contribution in [0.3, 0.4) is 0 Å². The first-order valence-electron chi connectivity index (χ1n) is 7.91. The summed E-state index contributed by atoms with van der Waals surface area (Å²) >= 11 is 1.64. The summed E-state index contributed by atoms with van der Waals surface area (Å²) in [5.74, 6) is 2.85. The number of hydrogen-bond acceptors (Lipinski definition) is 4. The van der Waals surface area contributed by atoms with Gasteiger partial charge in [0.05, 0.1) is 5.75 Å². The molecule has 5 heteroatoms. The second-order valence-electron chi connectivity index (χ2n) is 5.89. The van der Waals surface area contributed by atoms with Gasteiger partial charge in [0.2, 0.25) is 12.7 Å². The third kappa shape index (κ3) is 4.23. The van der Waals surface area contributed by atoms with Crippen molar-refractivity contribution in [2.75, 3.05) is 12.5 Å². The highest BCUT2D eigenvalue weighted by molar-refractivity contribution is 7.99. The van der Waals surface area contributed by atoms with Gasteiger partial charge in [-0.1, -0.05) is 29.8 Å². The molecule has 2 aromatic carbocycles. The maximum absolute atomic E-state index is 12.0. The molecule has 1 aliphatic heterocycles. The van der Waals surface area contributed by atoms with Gasteiger partial charge in [0.25, 0.3) is 0 Å². The summed E-state index contributed by atoms with van der Waals surface area (Å²) in [6.07, 6.45) is 0. The molecule has 0 unspecified atom stereocenters. The van der Waals surface area contributed by atoms with Gasteiger partial charge in [0.1, 0.15) is 0 Å². The van der Waals surface area contributed by atoms with E-state index in [2.05, 4.69) is 37.4 Å². The smallest absolute Gasteiger partial charge is 0.231 e. The average Bonchev–Trinajstić information content (AvgIpc) is 3.04. The number of thioether (sulfide) groups is 1. The minimum atomic E-state index is 0.0444. The summed E-state index contributed by atoms with van der Waals surface area (Å²) in [6, 6.07) is 12.2. The molecule has 1 N–H and O–H groups in total. The largest absolute Gasteiger partial charge is 0.454 e. The number of fused-ring (bicyclic) bond motifs is 1. The Kier molecular flexibility index (Phi) is 5.30. The molecule has 0 spiro atoms. The molecule has 2 aromatic rings. The van der Waals surface area contributed by atoms with Crippen molar-refractivity contribution in [3.63, 3.8) is 0 Å². The SMILES string of the molecule is Cc1ccc(C)c(CSCC(=O)NCc2ccc3c(c2)OCO3)c1. The first-order valence-corrected chi connectivity index (χ1v) is 9.06. The van der Waals surface area contributed by atoms with E-state index >= 15 is 0 Å². The molecule has 0 atom stereocenters. The predicted molar refractivity (Wildman–Crippen MR) is 96.5 cm³/mol. The van der Waals surface area contributed by atoms with E-state index in [1.54, 1.807) is 11.8 Å². The molecule has 0 aromatic heterocycles. The number of amides is 1. The van der Waals surface area contributed by atoms with Crippen LogP contribution in [0.2, 0.25) is 0 Å². The highest BCUT2D eigenvalue weighted by atomic mass is 32.2. The molecular formula is C19H21NO3S. The van der Waals surface area contributed by atoms with E-state index in [1.165, 1.54) is 16.7 Å². The van der Waals surface area contributed by atoms with Crippen molar-refractivity contribution in [2.45, 2.75) is 26.1 Å². The number of aryl methyl sites for hydroxylation is 2. The minimum absolute atomic E-state index is 0.0444. The van der Waals surface area contributed by atoms with Gasteiger partial charge in [-0.05, 0) is 42.7 Å². The van der Waals surface area contributed by atoms with Gasteiger partial charge in [0, 0.05) is 12.3 Å². The van der Waals surface area contributed by atoms with E-state index in [-0.39, 0.29) is 12.7 Å². The molecule has 24 heavy (non-hydrogen) atoms. The molecule has 1 aliphatic rings. The molecule has 0 bridgehead atoms. The molecule has 1 amide bonds. The van der Waals surface area contributed by atoms with Gasteiger partial charge in [-0.15, -0.1) is 11.8 Å². The fourth-order valence-electron chi connectivity index (χ4n) is 2.51. The number of benzene rings is 2. The van der Waals surface area contributed by atoms with E-state index in [4.69, 9.17) is 9.47 Å². The van der Waals surface area contributed by atoms with Gasteiger partial charge in [-0.25, -0.2) is 0 Å². The monoisotopic (exact) mass is 343 g/mol. The highest BCUT2D eigenvalue weighted by Gasteiger charge is 2.13. The summed E-state index contributed by atoms with van der Waals surface area (Å²) in [6.45, 7) is 4.96. The Balaban J connectivity index is 1.43. The van der Waals surface area contributed by atoms with Crippen LogP contribution < -0.4 is 14.8 Å². The lowest BCUT2D eigenvalue weighted by atomic mass is 10.1. The quantitative estimate of drug-likeness (QED) is 0.871. The summed E-state index contributed by atoms with van der Waals surface area (Å²) in [5.41, 5.74) is 4.83. The molecule has 1 heterocycles. The Morgan fingerprint density at radius 3 is 2.83 bits per heavy atom. The van der Waals surface area contributed by atoms with E-state index in [9.17, 15) is 4.79 Å². The van der Waals surface area contributed by atoms with Gasteiger partial charge in [0.15, 0.2) is 11.5 Å². The fourth-order valence-corrected chi connectivity index (χ4v) is 3.43. The lowest BCUT2D eigenvalue weighted by Gasteiger charge is -2.08. The molecule has 0 radical (unpaired) electrons. The van der Waals surface area contributed by atoms with Crippen molar-refractivity contribution in [3.8, 4) is 11.5 Å². The zero-order valence-electron chi connectivity index (χ0n) is 13.9. The second-order valence-corrected chi connectivity index (χ2v) is 6.87. The van der Waals surface area contributed by atoms with E-state index < -0.39 is 0 Å². The zero-order valence-corrected chi connectivity index (χ0v) is 14.7. The maximum Gasteiger partial charge on any atom is 0.231 e. The third-order valence-electron chi connectivity index (χ3n) is 3.92. The van der Waals surface area contributed by atoms with E-state index in [1.807, 2.05) is 18.2 Å². The van der Waals surface area contributed by atoms with Crippen LogP contribution in [0.15, 0.2) is 36.4 Å². The van der Waals surface area contributed by atoms with Crippen LogP contribution in [0.25, 0.3) is 0 Å². The van der Waals surface area contributed by atoms with Crippen LogP contribution in [0, 0.1) is 13.8 Å². The molecular weight excluding hydrogens is 322 g/mol. The molecule has 0 saturated carbocycles. The summed E-state index contributed by atoms with van der Waals surface area (Å²) in [4.78, 5) is 12.0. The van der Waals surface area contributed by atoms with Crippen LogP contribution in [0.1, 0.15) is 22.3 Å². The molecule has 3 rings (SSSR count). The van der Waals surface area contributed by atoms with Gasteiger partial charge >= 0.3 is 0 Å². The lowest BCUT2D eigenvalue weighted by molar-refractivity contribution is -0.118. The first kappa shape index (κ1) is 16.7. The van der Waals surface area contributed by atoms with Crippen LogP contribution in [-0.4, -0.2) is 18.5 Å². The van der Waals surface area contributed by atoms with Crippen LogP contribution in [0.5, 0.6) is 11.5 Å². The normalized spacial score (nSPS) is 12.2. The Labute approximate surface area is 146 Å². The number of hydrogen-bond donors (Lipinski definition) is 1. The molecule has 0 saturated heterocycles. The van der Waals surface area contributed by atoms with Crippen molar-refractivity contribution < 1.29 is 14.3 Å². The Bertz CT molecular complexity index is 745. The van der Waals surface area contributed by atoms with Crippen molar-refractivity contribution in [1.82, 2.24) is 5.32 Å². The number of ether oxygens (including phenoxy) is 2. The van der Waals surface area contributed by atoms with Gasteiger partial charge < -0.3 is 14.8 Å². The summed E-state index contributed by atoms with van der Waals surface area (Å²) in [7, 11) is 0. The van der Waals surface area contributed by atoms with Crippen LogP contribution in [0.4, 0.5) is 0 Å². The highest BCUT2D eigenvalue weighted by Crippen LogP contribution is 2.32. The van der Waals surface area contributed by atoms with Crippen molar-refractivity contribution >= 4 is 17.7 Å². The standard InChI is InChI=1S/C19H21NO3S/c1-13-3-4-14(2)16(7-13)10-24-11-19(21)20-9-15-5-6-17-18(8-15)23-12-22-17/h3-8H,9-12H2,1-2H3,(H,20,21). The summed E-state index contributed by atoms with van der Waals surface area (Å²) < 4.78 is 10.6. The number of nitrogens with one attached hydrogen (secondary N) is 1. The maximum atomic E-state index is 12.0. The van der Waals surface area contributed by atoms with Gasteiger partial charge in [-0.2, -0.15) is 0 Å². The van der Waals surface area contributed by atoms with Crippen molar-refractivity contribution in [3.05, 3.63) is 58.7 Å². The first-order chi connectivity index (χ1) is 11.6.